The number of hydrogen-bond donors (Lipinski definition) is 3. The fourth-order valence-electron chi connectivity index (χ4n) is 2.27. The third-order valence-electron chi connectivity index (χ3n) is 3.36. The third kappa shape index (κ3) is 3.29. The predicted octanol–water partition coefficient (Wildman–Crippen LogP) is 3.72. The SMILES string of the molecule is O=C(NC(=S)Nc1ncccc1O)c1cccc2c(Cl)cccc12. The van der Waals surface area contributed by atoms with Crippen LogP contribution < -0.4 is 10.6 Å². The van der Waals surface area contributed by atoms with Gasteiger partial charge in [-0.1, -0.05) is 35.9 Å². The molecule has 1 aromatic heterocycles. The van der Waals surface area contributed by atoms with E-state index in [1.807, 2.05) is 12.1 Å². The van der Waals surface area contributed by atoms with E-state index in [0.29, 0.717) is 10.6 Å². The van der Waals surface area contributed by atoms with E-state index in [-0.39, 0.29) is 22.6 Å². The highest BCUT2D eigenvalue weighted by Gasteiger charge is 2.13. The zero-order valence-electron chi connectivity index (χ0n) is 12.3. The summed E-state index contributed by atoms with van der Waals surface area (Å²) in [4.78, 5) is 16.4. The fourth-order valence-corrected chi connectivity index (χ4v) is 2.70. The van der Waals surface area contributed by atoms with Gasteiger partial charge >= 0.3 is 0 Å². The average molecular weight is 358 g/mol. The lowest BCUT2D eigenvalue weighted by Crippen LogP contribution is -2.34. The molecule has 120 valence electrons. The van der Waals surface area contributed by atoms with Gasteiger partial charge < -0.3 is 10.4 Å². The number of aromatic hydroxyl groups is 1. The highest BCUT2D eigenvalue weighted by Crippen LogP contribution is 2.26. The van der Waals surface area contributed by atoms with E-state index in [0.717, 1.165) is 10.8 Å². The largest absolute Gasteiger partial charge is 0.504 e. The van der Waals surface area contributed by atoms with Gasteiger partial charge in [-0.25, -0.2) is 4.98 Å². The Bertz CT molecular complexity index is 946. The van der Waals surface area contributed by atoms with Gasteiger partial charge in [0.15, 0.2) is 16.7 Å². The second kappa shape index (κ2) is 6.82. The van der Waals surface area contributed by atoms with E-state index in [2.05, 4.69) is 15.6 Å². The summed E-state index contributed by atoms with van der Waals surface area (Å²) in [5.41, 5.74) is 0.449. The van der Waals surface area contributed by atoms with Gasteiger partial charge in [-0.2, -0.15) is 0 Å². The van der Waals surface area contributed by atoms with Crippen molar-refractivity contribution in [2.75, 3.05) is 5.32 Å². The van der Waals surface area contributed by atoms with Crippen LogP contribution >= 0.6 is 23.8 Å². The number of anilines is 1. The van der Waals surface area contributed by atoms with Crippen molar-refractivity contribution in [3.05, 3.63) is 65.3 Å². The number of benzene rings is 2. The maximum absolute atomic E-state index is 12.5. The number of rotatable bonds is 2. The molecule has 0 saturated heterocycles. The van der Waals surface area contributed by atoms with E-state index in [1.54, 1.807) is 30.3 Å². The molecule has 0 saturated carbocycles. The molecule has 7 heteroatoms. The monoisotopic (exact) mass is 357 g/mol. The van der Waals surface area contributed by atoms with Crippen LogP contribution in [0.25, 0.3) is 10.8 Å². The number of aromatic nitrogens is 1. The van der Waals surface area contributed by atoms with E-state index in [9.17, 15) is 9.90 Å². The minimum Gasteiger partial charge on any atom is -0.504 e. The van der Waals surface area contributed by atoms with E-state index < -0.39 is 0 Å². The molecule has 0 aliphatic rings. The Kier molecular flexibility index (Phi) is 4.59. The lowest BCUT2D eigenvalue weighted by molar-refractivity contribution is 0.0979. The second-order valence-corrected chi connectivity index (χ2v) is 5.74. The molecule has 0 unspecified atom stereocenters. The number of carbonyl (C=O) groups is 1. The van der Waals surface area contributed by atoms with Gasteiger partial charge in [0, 0.05) is 22.2 Å². The number of pyridine rings is 1. The smallest absolute Gasteiger partial charge is 0.258 e. The molecule has 0 atom stereocenters. The molecule has 1 amide bonds. The van der Waals surface area contributed by atoms with E-state index in [4.69, 9.17) is 23.8 Å². The number of fused-ring (bicyclic) bond motifs is 1. The first-order valence-corrected chi connectivity index (χ1v) is 7.78. The number of nitrogens with zero attached hydrogens (tertiary/aromatic N) is 1. The van der Waals surface area contributed by atoms with Crippen LogP contribution in [0.1, 0.15) is 10.4 Å². The molecule has 3 N–H and O–H groups in total. The lowest BCUT2D eigenvalue weighted by atomic mass is 10.0. The molecule has 2 aromatic carbocycles. The van der Waals surface area contributed by atoms with Crippen molar-refractivity contribution < 1.29 is 9.90 Å². The third-order valence-corrected chi connectivity index (χ3v) is 3.89. The molecule has 5 nitrogen and oxygen atoms in total. The summed E-state index contributed by atoms with van der Waals surface area (Å²) in [5.74, 6) is -0.273. The first-order valence-electron chi connectivity index (χ1n) is 7.00. The quantitative estimate of drug-likeness (QED) is 0.609. The van der Waals surface area contributed by atoms with Crippen LogP contribution in [-0.2, 0) is 0 Å². The summed E-state index contributed by atoms with van der Waals surface area (Å²) in [6.45, 7) is 0. The molecule has 0 bridgehead atoms. The van der Waals surface area contributed by atoms with Gasteiger partial charge in [-0.3, -0.25) is 10.1 Å². The number of nitrogens with one attached hydrogen (secondary N) is 2. The topological polar surface area (TPSA) is 74.2 Å². The van der Waals surface area contributed by atoms with Crippen molar-refractivity contribution in [2.45, 2.75) is 0 Å². The van der Waals surface area contributed by atoms with Gasteiger partial charge in [0.25, 0.3) is 5.91 Å². The Labute approximate surface area is 148 Å². The average Bonchev–Trinajstić information content (AvgIpc) is 2.57. The normalized spacial score (nSPS) is 10.4. The van der Waals surface area contributed by atoms with E-state index in [1.165, 1.54) is 12.3 Å². The molecule has 3 aromatic rings. The number of halogens is 1. The van der Waals surface area contributed by atoms with Crippen molar-refractivity contribution >= 4 is 51.4 Å². The molecule has 1 heterocycles. The van der Waals surface area contributed by atoms with Gasteiger partial charge in [0.05, 0.1) is 0 Å². The standard InChI is InChI=1S/C17H12ClN3O2S/c18-13-7-2-4-10-11(13)5-1-6-12(10)16(23)21-17(24)20-15-14(22)8-3-9-19-15/h1-9,22H,(H2,19,20,21,23,24). The van der Waals surface area contributed by atoms with Crippen LogP contribution in [0.5, 0.6) is 5.75 Å². The maximum atomic E-state index is 12.5. The zero-order valence-corrected chi connectivity index (χ0v) is 13.9. The Morgan fingerprint density at radius 3 is 2.62 bits per heavy atom. The summed E-state index contributed by atoms with van der Waals surface area (Å²) in [7, 11) is 0. The Balaban J connectivity index is 1.82. The molecule has 0 radical (unpaired) electrons. The first-order chi connectivity index (χ1) is 11.6. The fraction of sp³-hybridized carbons (Fsp3) is 0. The molecule has 0 fully saturated rings. The minimum absolute atomic E-state index is 0.0352. The molecule has 0 aliphatic heterocycles. The van der Waals surface area contributed by atoms with E-state index >= 15 is 0 Å². The minimum atomic E-state index is -0.379. The van der Waals surface area contributed by atoms with Crippen LogP contribution in [0.4, 0.5) is 5.82 Å². The summed E-state index contributed by atoms with van der Waals surface area (Å²) in [6, 6.07) is 13.7. The predicted molar refractivity (Wildman–Crippen MR) is 98.5 cm³/mol. The second-order valence-electron chi connectivity index (χ2n) is 4.92. The zero-order chi connectivity index (χ0) is 17.1. The number of thiocarbonyl (C=S) groups is 1. The summed E-state index contributed by atoms with van der Waals surface area (Å²) < 4.78 is 0. The van der Waals surface area contributed by atoms with Crippen LogP contribution in [0.15, 0.2) is 54.7 Å². The Morgan fingerprint density at radius 1 is 1.08 bits per heavy atom. The summed E-state index contributed by atoms with van der Waals surface area (Å²) in [6.07, 6.45) is 1.50. The van der Waals surface area contributed by atoms with Gasteiger partial charge in [0.1, 0.15) is 0 Å². The molecular formula is C17H12ClN3O2S. The molecule has 3 rings (SSSR count). The summed E-state index contributed by atoms with van der Waals surface area (Å²) >= 11 is 11.3. The van der Waals surface area contributed by atoms with Crippen LogP contribution in [0, 0.1) is 0 Å². The maximum Gasteiger partial charge on any atom is 0.258 e. The number of hydrogen-bond acceptors (Lipinski definition) is 4. The molecule has 0 spiro atoms. The van der Waals surface area contributed by atoms with Crippen molar-refractivity contribution in [3.63, 3.8) is 0 Å². The first kappa shape index (κ1) is 16.2. The highest BCUT2D eigenvalue weighted by molar-refractivity contribution is 7.80. The van der Waals surface area contributed by atoms with Gasteiger partial charge in [-0.15, -0.1) is 0 Å². The number of amides is 1. The molecule has 24 heavy (non-hydrogen) atoms. The van der Waals surface area contributed by atoms with Crippen molar-refractivity contribution in [1.82, 2.24) is 10.3 Å². The van der Waals surface area contributed by atoms with Crippen molar-refractivity contribution in [1.29, 1.82) is 0 Å². The van der Waals surface area contributed by atoms with Crippen molar-refractivity contribution in [3.8, 4) is 5.75 Å². The molecule has 0 aliphatic carbocycles. The van der Waals surface area contributed by atoms with Gasteiger partial charge in [0.2, 0.25) is 0 Å². The van der Waals surface area contributed by atoms with Crippen LogP contribution in [0.3, 0.4) is 0 Å². The Morgan fingerprint density at radius 2 is 1.83 bits per heavy atom. The highest BCUT2D eigenvalue weighted by atomic mass is 35.5. The lowest BCUT2D eigenvalue weighted by Gasteiger charge is -2.11. The van der Waals surface area contributed by atoms with Crippen LogP contribution in [0.2, 0.25) is 5.02 Å². The van der Waals surface area contributed by atoms with Crippen molar-refractivity contribution in [2.24, 2.45) is 0 Å². The summed E-state index contributed by atoms with van der Waals surface area (Å²) in [5, 5.41) is 17.0. The van der Waals surface area contributed by atoms with Crippen LogP contribution in [-0.4, -0.2) is 21.1 Å². The van der Waals surface area contributed by atoms with Gasteiger partial charge in [-0.05, 0) is 41.9 Å². The molecular weight excluding hydrogens is 346 g/mol. The Hall–Kier alpha value is -2.70. The number of carbonyl (C=O) groups excluding carboxylic acids is 1.